The molecule has 0 saturated heterocycles. The van der Waals surface area contributed by atoms with E-state index < -0.39 is 11.7 Å². The first kappa shape index (κ1) is 24.1. The van der Waals surface area contributed by atoms with E-state index in [1.54, 1.807) is 0 Å². The Labute approximate surface area is 157 Å². The van der Waals surface area contributed by atoms with Crippen LogP contribution in [0.3, 0.4) is 0 Å². The van der Waals surface area contributed by atoms with Gasteiger partial charge in [-0.15, -0.1) is 0 Å². The monoisotopic (exact) mass is 367 g/mol. The molecular formula is C20H37N3O3. The molecule has 0 saturated carbocycles. The molecule has 0 spiro atoms. The van der Waals surface area contributed by atoms with Crippen molar-refractivity contribution in [2.75, 3.05) is 5.73 Å². The maximum atomic E-state index is 10.3. The Morgan fingerprint density at radius 2 is 1.42 bits per heavy atom. The molecule has 1 heterocycles. The maximum Gasteiger partial charge on any atom is 0.346 e. The predicted octanol–water partition coefficient (Wildman–Crippen LogP) is 4.90. The lowest BCUT2D eigenvalue weighted by Crippen LogP contribution is -2.10. The number of unbranched alkanes of at least 4 members (excludes halogenated alkanes) is 12. The van der Waals surface area contributed by atoms with Crippen molar-refractivity contribution in [3.05, 3.63) is 22.7 Å². The number of nitrogens with two attached hydrogens (primary N) is 1. The van der Waals surface area contributed by atoms with Crippen molar-refractivity contribution in [1.82, 2.24) is 9.97 Å². The number of carboxylic acids is 1. The lowest BCUT2D eigenvalue weighted by atomic mass is 10.0. The van der Waals surface area contributed by atoms with Crippen molar-refractivity contribution >= 4 is 11.8 Å². The van der Waals surface area contributed by atoms with Crippen LogP contribution in [0.15, 0.2) is 17.1 Å². The number of nitrogens with zero attached hydrogens (tertiary/aromatic N) is 1. The summed E-state index contributed by atoms with van der Waals surface area (Å²) in [5.41, 5.74) is 4.75. The van der Waals surface area contributed by atoms with E-state index in [9.17, 15) is 9.59 Å². The van der Waals surface area contributed by atoms with Crippen molar-refractivity contribution in [3.8, 4) is 0 Å². The zero-order valence-electron chi connectivity index (χ0n) is 16.3. The quantitative estimate of drug-likeness (QED) is 0.405. The van der Waals surface area contributed by atoms with Gasteiger partial charge in [-0.25, -0.2) is 9.78 Å². The van der Waals surface area contributed by atoms with Crippen LogP contribution in [0.2, 0.25) is 0 Å². The van der Waals surface area contributed by atoms with E-state index in [1.165, 1.54) is 82.9 Å². The molecule has 26 heavy (non-hydrogen) atoms. The second-order valence-corrected chi connectivity index (χ2v) is 6.72. The van der Waals surface area contributed by atoms with E-state index >= 15 is 0 Å². The van der Waals surface area contributed by atoms with Crippen LogP contribution in [0.4, 0.5) is 5.82 Å². The van der Waals surface area contributed by atoms with Gasteiger partial charge in [-0.05, 0) is 12.5 Å². The second kappa shape index (κ2) is 18.0. The van der Waals surface area contributed by atoms with Crippen molar-refractivity contribution in [3.63, 3.8) is 0 Å². The van der Waals surface area contributed by atoms with E-state index in [1.807, 2.05) is 0 Å². The molecule has 150 valence electrons. The van der Waals surface area contributed by atoms with E-state index in [2.05, 4.69) is 16.9 Å². The van der Waals surface area contributed by atoms with E-state index in [-0.39, 0.29) is 0 Å². The van der Waals surface area contributed by atoms with Crippen LogP contribution in [-0.2, 0) is 4.79 Å². The summed E-state index contributed by atoms with van der Waals surface area (Å²) in [6.07, 6.45) is 18.6. The first-order valence-electron chi connectivity index (χ1n) is 10.1. The summed E-state index contributed by atoms with van der Waals surface area (Å²) in [5.74, 6) is -0.317. The lowest BCUT2D eigenvalue weighted by molar-refractivity contribution is -0.137. The van der Waals surface area contributed by atoms with Gasteiger partial charge in [0.15, 0.2) is 0 Å². The Balaban J connectivity index is 0.000000642. The first-order chi connectivity index (χ1) is 12.6. The number of nitrogens with one attached hydrogen (secondary N) is 1. The third kappa shape index (κ3) is 18.5. The van der Waals surface area contributed by atoms with Crippen LogP contribution in [0.25, 0.3) is 0 Å². The molecule has 0 unspecified atom stereocenters. The molecule has 0 aliphatic rings. The van der Waals surface area contributed by atoms with Gasteiger partial charge in [0.2, 0.25) is 0 Å². The number of hydrogen-bond donors (Lipinski definition) is 3. The smallest absolute Gasteiger partial charge is 0.346 e. The van der Waals surface area contributed by atoms with Gasteiger partial charge in [-0.3, -0.25) is 9.78 Å². The fourth-order valence-corrected chi connectivity index (χ4v) is 2.68. The third-order valence-electron chi connectivity index (χ3n) is 4.19. The Bertz CT molecular complexity index is 503. The molecule has 6 heteroatoms. The number of anilines is 1. The molecule has 0 fully saturated rings. The molecule has 0 aromatic carbocycles. The van der Waals surface area contributed by atoms with Crippen molar-refractivity contribution in [1.29, 1.82) is 0 Å². The summed E-state index contributed by atoms with van der Waals surface area (Å²) >= 11 is 0. The Kier molecular flexibility index (Phi) is 16.7. The number of aromatic nitrogens is 2. The minimum absolute atomic E-state index is 0.338. The van der Waals surface area contributed by atoms with Gasteiger partial charge >= 0.3 is 11.7 Å². The van der Waals surface area contributed by atoms with Crippen LogP contribution < -0.4 is 11.4 Å². The maximum absolute atomic E-state index is 10.3. The van der Waals surface area contributed by atoms with Crippen LogP contribution >= 0.6 is 0 Å². The molecule has 0 bridgehead atoms. The minimum Gasteiger partial charge on any atom is -0.481 e. The number of rotatable bonds is 14. The largest absolute Gasteiger partial charge is 0.481 e. The van der Waals surface area contributed by atoms with Crippen LogP contribution in [-0.4, -0.2) is 21.0 Å². The summed E-state index contributed by atoms with van der Waals surface area (Å²) in [5, 5.41) is 8.49. The second-order valence-electron chi connectivity index (χ2n) is 6.72. The highest BCUT2D eigenvalue weighted by Crippen LogP contribution is 2.12. The van der Waals surface area contributed by atoms with Crippen LogP contribution in [0.1, 0.15) is 96.8 Å². The summed E-state index contributed by atoms with van der Waals surface area (Å²) < 4.78 is 0. The molecule has 0 amide bonds. The van der Waals surface area contributed by atoms with Gasteiger partial charge < -0.3 is 10.8 Å². The van der Waals surface area contributed by atoms with Crippen molar-refractivity contribution in [2.24, 2.45) is 0 Å². The normalized spacial score (nSPS) is 10.2. The van der Waals surface area contributed by atoms with Crippen molar-refractivity contribution in [2.45, 2.75) is 96.8 Å². The Hall–Kier alpha value is -1.85. The number of carbonyl (C=O) groups is 1. The number of aliphatic carboxylic acids is 1. The van der Waals surface area contributed by atoms with Gasteiger partial charge in [0.25, 0.3) is 0 Å². The van der Waals surface area contributed by atoms with Gasteiger partial charge in [-0.2, -0.15) is 0 Å². The molecule has 6 nitrogen and oxygen atoms in total. The zero-order chi connectivity index (χ0) is 19.5. The summed E-state index contributed by atoms with van der Waals surface area (Å²) in [6, 6.07) is 1.52. The topological polar surface area (TPSA) is 109 Å². The number of hydrogen-bond acceptors (Lipinski definition) is 4. The highest BCUT2D eigenvalue weighted by Gasteiger charge is 1.96. The standard InChI is InChI=1S/C16H32O2.C4H5N3O/c1-2-3-4-5-6-7-8-9-10-11-12-13-14-15-16(17)18;5-3-1-2-6-4(8)7-3/h2-15H2,1H3,(H,17,18);1-2H,(H3,5,6,7,8). The van der Waals surface area contributed by atoms with Crippen LogP contribution in [0.5, 0.6) is 0 Å². The van der Waals surface area contributed by atoms with E-state index in [4.69, 9.17) is 10.8 Å². The minimum atomic E-state index is -0.655. The van der Waals surface area contributed by atoms with Gasteiger partial charge in [-0.1, -0.05) is 84.0 Å². The number of aromatic amines is 1. The fourth-order valence-electron chi connectivity index (χ4n) is 2.68. The van der Waals surface area contributed by atoms with Crippen molar-refractivity contribution < 1.29 is 9.90 Å². The molecular weight excluding hydrogens is 330 g/mol. The van der Waals surface area contributed by atoms with E-state index in [0.29, 0.717) is 12.2 Å². The number of H-pyrrole nitrogens is 1. The summed E-state index contributed by atoms with van der Waals surface area (Å²) in [4.78, 5) is 26.2. The molecule has 1 aromatic rings. The third-order valence-corrected chi connectivity index (χ3v) is 4.19. The molecule has 0 atom stereocenters. The van der Waals surface area contributed by atoms with Gasteiger partial charge in [0, 0.05) is 12.6 Å². The molecule has 4 N–H and O–H groups in total. The molecule has 0 aliphatic heterocycles. The first-order valence-corrected chi connectivity index (χ1v) is 10.1. The Morgan fingerprint density at radius 1 is 0.962 bits per heavy atom. The van der Waals surface area contributed by atoms with Crippen LogP contribution in [0, 0.1) is 0 Å². The number of nitrogen functional groups attached to an aromatic ring is 1. The van der Waals surface area contributed by atoms with Gasteiger partial charge in [0.1, 0.15) is 5.82 Å². The number of carboxylic acid groups (broad SMARTS) is 1. The summed E-state index contributed by atoms with van der Waals surface area (Å²) in [6.45, 7) is 2.26. The van der Waals surface area contributed by atoms with E-state index in [0.717, 1.165) is 12.8 Å². The Morgan fingerprint density at radius 3 is 1.77 bits per heavy atom. The lowest BCUT2D eigenvalue weighted by Gasteiger charge is -2.02. The fraction of sp³-hybridized carbons (Fsp3) is 0.750. The predicted molar refractivity (Wildman–Crippen MR) is 107 cm³/mol. The molecule has 1 rings (SSSR count). The highest BCUT2D eigenvalue weighted by atomic mass is 16.4. The average Bonchev–Trinajstić information content (AvgIpc) is 2.59. The zero-order valence-corrected chi connectivity index (χ0v) is 16.3. The highest BCUT2D eigenvalue weighted by molar-refractivity contribution is 5.66. The average molecular weight is 368 g/mol. The summed E-state index contributed by atoms with van der Waals surface area (Å²) in [7, 11) is 0. The SMILES string of the molecule is CCCCCCCCCCCCCCCC(=O)O.Nc1ccnc(=O)[nH]1. The van der Waals surface area contributed by atoms with Gasteiger partial charge in [0.05, 0.1) is 0 Å². The molecule has 0 aliphatic carbocycles. The molecule has 1 aromatic heterocycles. The molecule has 0 radical (unpaired) electrons.